The minimum Gasteiger partial charge on any atom is -0.310 e. The van der Waals surface area contributed by atoms with Crippen molar-refractivity contribution in [1.29, 1.82) is 0 Å². The molecule has 0 heterocycles. The van der Waals surface area contributed by atoms with Crippen LogP contribution in [0.25, 0.3) is 0 Å². The quantitative estimate of drug-likeness (QED) is 0.458. The molecule has 0 aromatic heterocycles. The van der Waals surface area contributed by atoms with E-state index in [4.69, 9.17) is 0 Å². The van der Waals surface area contributed by atoms with Crippen LogP contribution in [-0.4, -0.2) is 24.7 Å². The Morgan fingerprint density at radius 3 is 2.46 bits per heavy atom. The molecule has 1 N–H and O–H groups in total. The maximum Gasteiger partial charge on any atom is 0.153 e. The highest BCUT2D eigenvalue weighted by molar-refractivity contribution is 5.98. The van der Waals surface area contributed by atoms with Crippen LogP contribution >= 0.6 is 0 Å². The molecule has 0 aliphatic carbocycles. The third-order valence-electron chi connectivity index (χ3n) is 1.73. The Labute approximate surface area is 79.9 Å². The van der Waals surface area contributed by atoms with Crippen molar-refractivity contribution in [2.24, 2.45) is 0 Å². The van der Waals surface area contributed by atoms with E-state index in [1.165, 1.54) is 19.8 Å². The van der Waals surface area contributed by atoms with E-state index in [1.807, 2.05) is 0 Å². The Kier molecular flexibility index (Phi) is 7.50. The van der Waals surface area contributed by atoms with Gasteiger partial charge in [-0.05, 0) is 19.9 Å². The maximum absolute atomic E-state index is 11.0. The molecule has 0 amide bonds. The Hall–Kier alpha value is -0.700. The largest absolute Gasteiger partial charge is 0.310 e. The van der Waals surface area contributed by atoms with E-state index in [0.29, 0.717) is 6.54 Å². The molecule has 0 aromatic rings. The number of hydrogen-bond acceptors (Lipinski definition) is 3. The van der Waals surface area contributed by atoms with Gasteiger partial charge in [-0.25, -0.2) is 0 Å². The lowest BCUT2D eigenvalue weighted by molar-refractivity contribution is -0.125. The third kappa shape index (κ3) is 9.21. The molecule has 3 heteroatoms. The summed E-state index contributed by atoms with van der Waals surface area (Å²) in [6, 6.07) is 0. The fourth-order valence-corrected chi connectivity index (χ4v) is 1.07. The minimum absolute atomic E-state index is 0.0102. The molecule has 0 unspecified atom stereocenters. The van der Waals surface area contributed by atoms with Crippen LogP contribution in [0.15, 0.2) is 0 Å². The van der Waals surface area contributed by atoms with Crippen LogP contribution in [0.1, 0.15) is 39.5 Å². The molecule has 0 atom stereocenters. The number of ketones is 2. The first kappa shape index (κ1) is 12.3. The lowest BCUT2D eigenvalue weighted by Gasteiger charge is -2.01. The second kappa shape index (κ2) is 7.92. The molecule has 0 aliphatic heterocycles. The van der Waals surface area contributed by atoms with Gasteiger partial charge in [0.05, 0.1) is 13.0 Å². The molecule has 0 radical (unpaired) electrons. The first-order valence-electron chi connectivity index (χ1n) is 4.88. The molecule has 0 aliphatic rings. The van der Waals surface area contributed by atoms with Crippen molar-refractivity contribution in [2.45, 2.75) is 39.5 Å². The van der Waals surface area contributed by atoms with Gasteiger partial charge < -0.3 is 5.32 Å². The van der Waals surface area contributed by atoms with E-state index in [9.17, 15) is 9.59 Å². The summed E-state index contributed by atoms with van der Waals surface area (Å²) in [6.45, 7) is 4.79. The standard InChI is InChI=1S/C10H19NO2/c1-3-4-5-6-11-8-10(13)7-9(2)12/h11H,3-8H2,1-2H3. The molecule has 0 fully saturated rings. The highest BCUT2D eigenvalue weighted by Gasteiger charge is 2.03. The van der Waals surface area contributed by atoms with E-state index in [1.54, 1.807) is 0 Å². The average molecular weight is 185 g/mol. The highest BCUT2D eigenvalue weighted by Crippen LogP contribution is 1.91. The second-order valence-electron chi connectivity index (χ2n) is 3.30. The molecule has 3 nitrogen and oxygen atoms in total. The number of unbranched alkanes of at least 4 members (excludes halogenated alkanes) is 2. The average Bonchev–Trinajstić information content (AvgIpc) is 2.02. The Morgan fingerprint density at radius 2 is 1.92 bits per heavy atom. The van der Waals surface area contributed by atoms with Crippen LogP contribution in [0, 0.1) is 0 Å². The minimum atomic E-state index is -0.0552. The smallest absolute Gasteiger partial charge is 0.153 e. The van der Waals surface area contributed by atoms with Crippen molar-refractivity contribution in [3.63, 3.8) is 0 Å². The number of Topliss-reactive ketones (excluding diaryl/α,β-unsaturated/α-hetero) is 2. The van der Waals surface area contributed by atoms with Crippen LogP contribution in [-0.2, 0) is 9.59 Å². The SMILES string of the molecule is CCCCCNCC(=O)CC(C)=O. The zero-order valence-electron chi connectivity index (χ0n) is 8.56. The van der Waals surface area contributed by atoms with Crippen molar-refractivity contribution in [3.8, 4) is 0 Å². The molecule has 0 spiro atoms. The Balaban J connectivity index is 3.22. The lowest BCUT2D eigenvalue weighted by atomic mass is 10.2. The lowest BCUT2D eigenvalue weighted by Crippen LogP contribution is -2.25. The summed E-state index contributed by atoms with van der Waals surface area (Å²) in [4.78, 5) is 21.5. The fraction of sp³-hybridized carbons (Fsp3) is 0.800. The van der Waals surface area contributed by atoms with E-state index < -0.39 is 0 Å². The normalized spacial score (nSPS) is 10.0. The number of carbonyl (C=O) groups excluding carboxylic acids is 2. The molecular weight excluding hydrogens is 166 g/mol. The van der Waals surface area contributed by atoms with Crippen molar-refractivity contribution >= 4 is 11.6 Å². The van der Waals surface area contributed by atoms with Gasteiger partial charge in [0.1, 0.15) is 5.78 Å². The number of rotatable bonds is 8. The summed E-state index contributed by atoms with van der Waals surface area (Å²) >= 11 is 0. The van der Waals surface area contributed by atoms with Crippen LogP contribution < -0.4 is 5.32 Å². The van der Waals surface area contributed by atoms with Crippen molar-refractivity contribution in [3.05, 3.63) is 0 Å². The highest BCUT2D eigenvalue weighted by atomic mass is 16.1. The Morgan fingerprint density at radius 1 is 1.23 bits per heavy atom. The number of hydrogen-bond donors (Lipinski definition) is 1. The van der Waals surface area contributed by atoms with Gasteiger partial charge in [0.2, 0.25) is 0 Å². The van der Waals surface area contributed by atoms with Crippen LogP contribution in [0.3, 0.4) is 0 Å². The molecular formula is C10H19NO2. The van der Waals surface area contributed by atoms with E-state index in [-0.39, 0.29) is 18.0 Å². The second-order valence-corrected chi connectivity index (χ2v) is 3.30. The predicted molar refractivity (Wildman–Crippen MR) is 52.7 cm³/mol. The topological polar surface area (TPSA) is 46.2 Å². The van der Waals surface area contributed by atoms with Crippen molar-refractivity contribution in [2.75, 3.05) is 13.1 Å². The summed E-state index contributed by atoms with van der Waals surface area (Å²) in [5.74, 6) is -0.0654. The molecule has 0 saturated carbocycles. The van der Waals surface area contributed by atoms with Gasteiger partial charge in [-0.2, -0.15) is 0 Å². The molecule has 0 aromatic carbocycles. The zero-order valence-corrected chi connectivity index (χ0v) is 8.56. The van der Waals surface area contributed by atoms with Gasteiger partial charge in [0.15, 0.2) is 5.78 Å². The molecule has 13 heavy (non-hydrogen) atoms. The number of carbonyl (C=O) groups is 2. The summed E-state index contributed by atoms with van der Waals surface area (Å²) in [7, 11) is 0. The van der Waals surface area contributed by atoms with E-state index >= 15 is 0 Å². The molecule has 76 valence electrons. The summed E-state index contributed by atoms with van der Waals surface area (Å²) in [5.41, 5.74) is 0. The third-order valence-corrected chi connectivity index (χ3v) is 1.73. The van der Waals surface area contributed by atoms with Gasteiger partial charge >= 0.3 is 0 Å². The number of nitrogens with one attached hydrogen (secondary N) is 1. The van der Waals surface area contributed by atoms with Crippen LogP contribution in [0.4, 0.5) is 0 Å². The predicted octanol–water partition coefficient (Wildman–Crippen LogP) is 1.31. The van der Waals surface area contributed by atoms with Gasteiger partial charge in [-0.15, -0.1) is 0 Å². The maximum atomic E-state index is 11.0. The van der Waals surface area contributed by atoms with Crippen molar-refractivity contribution in [1.82, 2.24) is 5.32 Å². The summed E-state index contributed by atoms with van der Waals surface area (Å²) < 4.78 is 0. The Bertz CT molecular complexity index is 166. The molecule has 0 saturated heterocycles. The van der Waals surface area contributed by atoms with Gasteiger partial charge in [0.25, 0.3) is 0 Å². The van der Waals surface area contributed by atoms with Gasteiger partial charge in [-0.3, -0.25) is 9.59 Å². The van der Waals surface area contributed by atoms with Crippen LogP contribution in [0.2, 0.25) is 0 Å². The van der Waals surface area contributed by atoms with Gasteiger partial charge in [-0.1, -0.05) is 19.8 Å². The van der Waals surface area contributed by atoms with Crippen molar-refractivity contribution < 1.29 is 9.59 Å². The first-order valence-corrected chi connectivity index (χ1v) is 4.88. The fourth-order valence-electron chi connectivity index (χ4n) is 1.07. The summed E-state index contributed by atoms with van der Waals surface area (Å²) in [6.07, 6.45) is 3.54. The first-order chi connectivity index (χ1) is 6.16. The van der Waals surface area contributed by atoms with E-state index in [2.05, 4.69) is 12.2 Å². The monoisotopic (exact) mass is 185 g/mol. The van der Waals surface area contributed by atoms with Gasteiger partial charge in [0, 0.05) is 0 Å². The zero-order chi connectivity index (χ0) is 10.1. The summed E-state index contributed by atoms with van der Waals surface area (Å²) in [5, 5.41) is 3.02. The van der Waals surface area contributed by atoms with E-state index in [0.717, 1.165) is 13.0 Å². The molecule has 0 rings (SSSR count). The van der Waals surface area contributed by atoms with Crippen LogP contribution in [0.5, 0.6) is 0 Å². The molecule has 0 bridgehead atoms.